The summed E-state index contributed by atoms with van der Waals surface area (Å²) >= 11 is 0. The van der Waals surface area contributed by atoms with Crippen molar-refractivity contribution >= 4 is 47.7 Å². The third kappa shape index (κ3) is 17.8. The van der Waals surface area contributed by atoms with E-state index in [0.29, 0.717) is 19.4 Å². The van der Waals surface area contributed by atoms with Gasteiger partial charge in [-0.25, -0.2) is 24.0 Å². The van der Waals surface area contributed by atoms with Crippen molar-refractivity contribution in [2.75, 3.05) is 46.4 Å². The lowest BCUT2D eigenvalue weighted by Gasteiger charge is -2.36. The maximum Gasteiger partial charge on any atom is 0.330 e. The van der Waals surface area contributed by atoms with Crippen LogP contribution in [0.1, 0.15) is 112 Å². The van der Waals surface area contributed by atoms with Crippen molar-refractivity contribution in [3.8, 4) is 0 Å². The van der Waals surface area contributed by atoms with Crippen molar-refractivity contribution in [1.29, 1.82) is 5.41 Å². The molecule has 83 heavy (non-hydrogen) atoms. The molecule has 0 aromatic carbocycles. The number of amides is 9. The Hall–Kier alpha value is -6.48. The summed E-state index contributed by atoms with van der Waals surface area (Å²) < 4.78 is 25.3. The number of nitrogens with zero attached hydrogens (tertiary/aromatic N) is 3. The highest BCUT2D eigenvalue weighted by Gasteiger charge is 2.59. The Kier molecular flexibility index (Phi) is 25.9. The van der Waals surface area contributed by atoms with Crippen LogP contribution in [-0.4, -0.2) is 224 Å². The Morgan fingerprint density at radius 2 is 1.48 bits per heavy atom. The molecule has 1 aromatic heterocycles. The lowest BCUT2D eigenvalue weighted by Crippen LogP contribution is -2.67. The molecule has 4 aliphatic rings. The van der Waals surface area contributed by atoms with Crippen LogP contribution in [0.3, 0.4) is 0 Å². The number of carboxylic acid groups (broad SMARTS) is 1. The van der Waals surface area contributed by atoms with Gasteiger partial charge in [-0.05, 0) is 37.5 Å². The Labute approximate surface area is 480 Å². The number of carbonyl (C=O) groups is 7. The maximum atomic E-state index is 14.9. The number of H-pyrrole nitrogens is 1. The van der Waals surface area contributed by atoms with E-state index >= 15 is 0 Å². The van der Waals surface area contributed by atoms with Gasteiger partial charge in [-0.1, -0.05) is 80.1 Å². The number of aliphatic hydroxyl groups is 4. The number of nitrogens with one attached hydrogen (secondary N) is 10. The van der Waals surface area contributed by atoms with Crippen molar-refractivity contribution in [2.24, 2.45) is 11.8 Å². The molecule has 4 fully saturated rings. The van der Waals surface area contributed by atoms with Crippen molar-refractivity contribution in [3.05, 3.63) is 33.1 Å². The number of ether oxygens (including phenoxy) is 4. The summed E-state index contributed by atoms with van der Waals surface area (Å²) in [4.78, 5) is 125. The highest BCUT2D eigenvalue weighted by atomic mass is 16.7. The van der Waals surface area contributed by atoms with Crippen LogP contribution >= 0.6 is 0 Å². The monoisotopic (exact) mass is 1180 g/mol. The second-order valence-corrected chi connectivity index (χ2v) is 21.9. The first kappa shape index (κ1) is 67.3. The number of methoxy groups -OCH3 is 1. The Morgan fingerprint density at radius 1 is 0.795 bits per heavy atom. The fourth-order valence-corrected chi connectivity index (χ4v) is 10.3. The van der Waals surface area contributed by atoms with E-state index in [4.69, 9.17) is 24.4 Å². The van der Waals surface area contributed by atoms with E-state index in [0.717, 1.165) is 65.2 Å². The van der Waals surface area contributed by atoms with Gasteiger partial charge in [0.25, 0.3) is 11.5 Å². The molecule has 0 spiro atoms. The zero-order valence-electron chi connectivity index (χ0n) is 48.2. The number of guanidine groups is 1. The molecular weight excluding hydrogens is 1090 g/mol. The number of rotatable bonds is 32. The van der Waals surface area contributed by atoms with E-state index in [2.05, 4.69) is 54.4 Å². The molecule has 5 rings (SSSR count). The number of hydrogen-bond donors (Lipinski definition) is 15. The number of aliphatic hydroxyl groups excluding tert-OH is 4. The molecule has 468 valence electrons. The Morgan fingerprint density at radius 3 is 2.11 bits per heavy atom. The molecule has 15 N–H and O–H groups in total. The lowest BCUT2D eigenvalue weighted by molar-refractivity contribution is -0.233. The van der Waals surface area contributed by atoms with Crippen molar-refractivity contribution in [3.63, 3.8) is 0 Å². The third-order valence-corrected chi connectivity index (χ3v) is 15.0. The predicted octanol–water partition coefficient (Wildman–Crippen LogP) is -2.59. The van der Waals surface area contributed by atoms with Gasteiger partial charge in [-0.2, -0.15) is 0 Å². The number of aromatic amines is 1. The first-order chi connectivity index (χ1) is 39.4. The molecule has 4 saturated heterocycles. The molecular formula is C52H87N13O18. The third-order valence-electron chi connectivity index (χ3n) is 15.0. The fourth-order valence-electron chi connectivity index (χ4n) is 10.3. The average Bonchev–Trinajstić information content (AvgIpc) is 2.31. The first-order valence-electron chi connectivity index (χ1n) is 28.6. The van der Waals surface area contributed by atoms with Gasteiger partial charge in [-0.15, -0.1) is 0 Å². The van der Waals surface area contributed by atoms with Crippen LogP contribution in [0, 0.1) is 17.2 Å². The second kappa shape index (κ2) is 32.0. The first-order valence-corrected chi connectivity index (χ1v) is 28.6. The molecule has 5 heterocycles. The Balaban J connectivity index is 1.43. The van der Waals surface area contributed by atoms with Gasteiger partial charge in [0.05, 0.1) is 12.1 Å². The molecule has 4 aliphatic heterocycles. The number of carboxylic acids is 1. The summed E-state index contributed by atoms with van der Waals surface area (Å²) in [6, 6.07) is -8.60. The number of carbonyl (C=O) groups excluding carboxylic acids is 6. The zero-order valence-corrected chi connectivity index (χ0v) is 48.2. The van der Waals surface area contributed by atoms with Crippen molar-refractivity contribution < 1.29 is 78.0 Å². The smallest absolute Gasteiger partial charge is 0.330 e. The molecule has 0 bridgehead atoms. The average molecular weight is 1180 g/mol. The van der Waals surface area contributed by atoms with E-state index in [-0.39, 0.29) is 51.5 Å². The minimum atomic E-state index is -1.97. The summed E-state index contributed by atoms with van der Waals surface area (Å²) in [5.74, 6) is -5.41. The molecule has 0 saturated carbocycles. The van der Waals surface area contributed by atoms with Gasteiger partial charge < -0.3 is 91.9 Å². The van der Waals surface area contributed by atoms with Crippen LogP contribution in [0.2, 0.25) is 0 Å². The number of unbranched alkanes of at least 4 members (excludes halogenated alkanes) is 6. The van der Waals surface area contributed by atoms with Crippen LogP contribution in [0.5, 0.6) is 0 Å². The number of urea groups is 3. The van der Waals surface area contributed by atoms with Gasteiger partial charge in [0, 0.05) is 58.6 Å². The van der Waals surface area contributed by atoms with Gasteiger partial charge in [0.1, 0.15) is 66.9 Å². The standard InChI is InChI=1S/C52H87N13O18/c1-8-10-12-14-19-56-49(76)57-25-29-36(68)41(80-7)47(81-29)83-39(40-37(69)38(70)45(82-40)65-24-18-30(66)59-51(65)78)34-44(73)64(22-15-13-11-9-2)52(79)63(34)23-16-20-54-42(71)33(35(67)27(5)6)60-43(72)32(28-17-21-55-48(53)58-28)62-50(77)61-31(26(3)4)46(74)75/h18,24,26-29,31-41,45,47,67-70H,8-17,19-23,25H2,1-7H3,(H,54,71)(H,60,72)(H,74,75)(H3,53,55,58)(H2,56,57,76)(H,59,66,78)(H2,61,62,77)/t28?,29-,31?,32?,33?,34?,35?,36+,37+,38-,39?,40+,41-,45-,47-/m1/s1. The number of aromatic nitrogens is 2. The summed E-state index contributed by atoms with van der Waals surface area (Å²) in [5, 5.41) is 84.9. The normalized spacial score (nSPS) is 26.2. The van der Waals surface area contributed by atoms with Gasteiger partial charge in [0.15, 0.2) is 18.5 Å². The van der Waals surface area contributed by atoms with Crippen LogP contribution < -0.4 is 53.8 Å². The molecule has 7 unspecified atom stereocenters. The van der Waals surface area contributed by atoms with Gasteiger partial charge in [-0.3, -0.25) is 39.0 Å². The molecule has 31 heteroatoms. The molecule has 31 nitrogen and oxygen atoms in total. The van der Waals surface area contributed by atoms with E-state index < -0.39 is 156 Å². The van der Waals surface area contributed by atoms with Crippen molar-refractivity contribution in [2.45, 2.75) is 197 Å². The maximum absolute atomic E-state index is 14.9. The van der Waals surface area contributed by atoms with E-state index in [9.17, 15) is 68.7 Å². The van der Waals surface area contributed by atoms with Crippen LogP contribution in [0.4, 0.5) is 14.4 Å². The number of hydrogen-bond acceptors (Lipinski definition) is 18. The van der Waals surface area contributed by atoms with E-state index in [1.807, 2.05) is 6.92 Å². The summed E-state index contributed by atoms with van der Waals surface area (Å²) in [7, 11) is 1.24. The number of aliphatic carboxylic acids is 1. The summed E-state index contributed by atoms with van der Waals surface area (Å²) in [6.07, 6.45) is -8.94. The molecule has 0 aliphatic carbocycles. The van der Waals surface area contributed by atoms with Gasteiger partial charge in [0.2, 0.25) is 11.8 Å². The molecule has 0 radical (unpaired) electrons. The SMILES string of the molecule is CCCCCCNC(=O)NC[C@H]1O[C@H](OC(C2C(=O)N(CCCCCC)C(=O)N2CCCNC(=O)C(NC(=O)C(NC(=O)NC(C(=O)O)C(C)C)C2CCNC(=N)N2)C(O)C(C)C)[C@H]2O[C@@H](n3ccc(=O)[nH]c3=O)[C@H](O)[C@@H]2O)[C@H](OC)[C@H]1O. The van der Waals surface area contributed by atoms with Crippen molar-refractivity contribution in [1.82, 2.24) is 61.9 Å². The minimum absolute atomic E-state index is 0.0636. The highest BCUT2D eigenvalue weighted by Crippen LogP contribution is 2.38. The molecule has 1 aromatic rings. The van der Waals surface area contributed by atoms with Crippen LogP contribution in [0.15, 0.2) is 21.9 Å². The highest BCUT2D eigenvalue weighted by molar-refractivity contribution is 6.04. The largest absolute Gasteiger partial charge is 0.480 e. The van der Waals surface area contributed by atoms with Crippen LogP contribution in [-0.2, 0) is 38.1 Å². The molecule has 15 atom stereocenters. The lowest BCUT2D eigenvalue weighted by atomic mass is 9.97. The number of imide groups is 1. The van der Waals surface area contributed by atoms with Gasteiger partial charge >= 0.3 is 29.8 Å². The zero-order chi connectivity index (χ0) is 61.2. The topological polar surface area (TPSA) is 439 Å². The molecule has 9 amide bonds. The fraction of sp³-hybridized carbons (Fsp3) is 0.769. The van der Waals surface area contributed by atoms with E-state index in [1.54, 1.807) is 27.7 Å². The minimum Gasteiger partial charge on any atom is -0.480 e. The van der Waals surface area contributed by atoms with Crippen LogP contribution in [0.25, 0.3) is 0 Å². The predicted molar refractivity (Wildman–Crippen MR) is 294 cm³/mol. The summed E-state index contributed by atoms with van der Waals surface area (Å²) in [6.45, 7) is 10.0. The Bertz CT molecular complexity index is 2480. The second-order valence-electron chi connectivity index (χ2n) is 21.9. The quantitative estimate of drug-likeness (QED) is 0.0260. The summed E-state index contributed by atoms with van der Waals surface area (Å²) in [5.41, 5.74) is -1.80. The van der Waals surface area contributed by atoms with E-state index in [1.165, 1.54) is 7.11 Å².